The second-order valence-corrected chi connectivity index (χ2v) is 6.42. The number of hydrogen-bond donors (Lipinski definition) is 2. The molecule has 1 fully saturated rings. The number of aryl methyl sites for hydroxylation is 1. The van der Waals surface area contributed by atoms with Gasteiger partial charge in [0.25, 0.3) is 0 Å². The van der Waals surface area contributed by atoms with Gasteiger partial charge in [0.05, 0.1) is 6.20 Å². The summed E-state index contributed by atoms with van der Waals surface area (Å²) in [6.07, 6.45) is 1.91. The van der Waals surface area contributed by atoms with Crippen LogP contribution in [0.2, 0.25) is 0 Å². The fourth-order valence-electron chi connectivity index (χ4n) is 3.22. The summed E-state index contributed by atoms with van der Waals surface area (Å²) in [6, 6.07) is 11.4. The Morgan fingerprint density at radius 3 is 2.83 bits per heavy atom. The molecule has 23 heavy (non-hydrogen) atoms. The molecule has 1 saturated heterocycles. The van der Waals surface area contributed by atoms with Crippen LogP contribution in [0.1, 0.15) is 22.9 Å². The monoisotopic (exact) mass is 313 g/mol. The van der Waals surface area contributed by atoms with Crippen molar-refractivity contribution in [3.63, 3.8) is 0 Å². The average molecular weight is 313 g/mol. The highest BCUT2D eigenvalue weighted by molar-refractivity contribution is 5.20. The molecule has 1 aromatic carbocycles. The van der Waals surface area contributed by atoms with Crippen LogP contribution >= 0.6 is 0 Å². The molecule has 2 N–H and O–H groups in total. The van der Waals surface area contributed by atoms with Gasteiger partial charge in [-0.1, -0.05) is 30.3 Å². The maximum absolute atomic E-state index is 4.07. The minimum Gasteiger partial charge on any atom is -0.311 e. The number of likely N-dealkylation sites (N-methyl/N-ethyl adjacent to an activating group) is 1. The summed E-state index contributed by atoms with van der Waals surface area (Å²) >= 11 is 0. The zero-order chi connectivity index (χ0) is 16.1. The number of hydrogen-bond acceptors (Lipinski definition) is 4. The van der Waals surface area contributed by atoms with Crippen LogP contribution in [0, 0.1) is 6.92 Å². The predicted molar refractivity (Wildman–Crippen MR) is 93.3 cm³/mol. The number of aromatic nitrogens is 2. The molecule has 124 valence electrons. The Bertz CT molecular complexity index is 594. The fraction of sp³-hybridized carbons (Fsp3) is 0.500. The molecule has 0 amide bonds. The number of aromatic amines is 1. The molecule has 2 heterocycles. The Morgan fingerprint density at radius 2 is 2.09 bits per heavy atom. The fourth-order valence-corrected chi connectivity index (χ4v) is 3.22. The molecule has 2 aromatic rings. The smallest absolute Gasteiger partial charge is 0.0535 e. The first-order chi connectivity index (χ1) is 11.2. The van der Waals surface area contributed by atoms with Crippen molar-refractivity contribution in [3.05, 3.63) is 53.3 Å². The van der Waals surface area contributed by atoms with Crippen molar-refractivity contribution < 1.29 is 0 Å². The Hall–Kier alpha value is -1.69. The van der Waals surface area contributed by atoms with Crippen molar-refractivity contribution in [2.24, 2.45) is 0 Å². The second-order valence-electron chi connectivity index (χ2n) is 6.42. The lowest BCUT2D eigenvalue weighted by Gasteiger charge is -2.40. The summed E-state index contributed by atoms with van der Waals surface area (Å²) in [5.41, 5.74) is 3.83. The van der Waals surface area contributed by atoms with E-state index < -0.39 is 0 Å². The lowest BCUT2D eigenvalue weighted by atomic mass is 10.0. The summed E-state index contributed by atoms with van der Waals surface area (Å²) in [5, 5.41) is 10.6. The molecule has 1 aliphatic rings. The molecule has 5 nitrogen and oxygen atoms in total. The van der Waals surface area contributed by atoms with Gasteiger partial charge in [-0.05, 0) is 19.5 Å². The lowest BCUT2D eigenvalue weighted by Crippen LogP contribution is -2.48. The molecule has 0 radical (unpaired) electrons. The standard InChI is InChI=1S/C18H27N5/c1-15-17(13-20-21-15)12-19-8-9-23-11-10-22(2)14-18(23)16-6-4-3-5-7-16/h3-7,13,18-19H,8-12,14H2,1-2H3,(H,20,21). The van der Waals surface area contributed by atoms with E-state index in [0.717, 1.165) is 45.0 Å². The highest BCUT2D eigenvalue weighted by Crippen LogP contribution is 2.24. The normalized spacial score (nSPS) is 20.0. The Morgan fingerprint density at radius 1 is 1.26 bits per heavy atom. The van der Waals surface area contributed by atoms with Gasteiger partial charge in [0, 0.05) is 56.6 Å². The van der Waals surface area contributed by atoms with Crippen LogP contribution in [0.15, 0.2) is 36.5 Å². The quantitative estimate of drug-likeness (QED) is 0.798. The maximum atomic E-state index is 4.07. The zero-order valence-corrected chi connectivity index (χ0v) is 14.1. The van der Waals surface area contributed by atoms with Crippen LogP contribution in [0.25, 0.3) is 0 Å². The molecule has 0 aliphatic carbocycles. The van der Waals surface area contributed by atoms with Crippen LogP contribution < -0.4 is 5.32 Å². The molecule has 1 aliphatic heterocycles. The van der Waals surface area contributed by atoms with Crippen LogP contribution in [0.5, 0.6) is 0 Å². The van der Waals surface area contributed by atoms with Crippen molar-refractivity contribution in [2.75, 3.05) is 39.8 Å². The third-order valence-electron chi connectivity index (χ3n) is 4.70. The van der Waals surface area contributed by atoms with E-state index in [4.69, 9.17) is 0 Å². The van der Waals surface area contributed by atoms with E-state index in [1.807, 2.05) is 6.20 Å². The highest BCUT2D eigenvalue weighted by Gasteiger charge is 2.25. The molecule has 1 aromatic heterocycles. The highest BCUT2D eigenvalue weighted by atomic mass is 15.3. The molecule has 3 rings (SSSR count). The van der Waals surface area contributed by atoms with Gasteiger partial charge in [-0.2, -0.15) is 5.10 Å². The third-order valence-corrected chi connectivity index (χ3v) is 4.70. The predicted octanol–water partition coefficient (Wildman–Crippen LogP) is 1.80. The second kappa shape index (κ2) is 7.73. The SMILES string of the molecule is Cc1[nH]ncc1CNCCN1CCN(C)CC1c1ccccc1. The van der Waals surface area contributed by atoms with Gasteiger partial charge in [0.1, 0.15) is 0 Å². The third kappa shape index (κ3) is 4.19. The number of nitrogens with zero attached hydrogens (tertiary/aromatic N) is 3. The van der Waals surface area contributed by atoms with Crippen LogP contribution in [0.4, 0.5) is 0 Å². The van der Waals surface area contributed by atoms with Crippen LogP contribution in [-0.4, -0.2) is 59.8 Å². The molecular formula is C18H27N5. The number of benzene rings is 1. The van der Waals surface area contributed by atoms with E-state index in [1.54, 1.807) is 0 Å². The van der Waals surface area contributed by atoms with Crippen molar-refractivity contribution >= 4 is 0 Å². The first-order valence-electron chi connectivity index (χ1n) is 8.41. The van der Waals surface area contributed by atoms with Gasteiger partial charge in [-0.15, -0.1) is 0 Å². The van der Waals surface area contributed by atoms with Crippen LogP contribution in [-0.2, 0) is 6.54 Å². The van der Waals surface area contributed by atoms with Crippen molar-refractivity contribution in [1.29, 1.82) is 0 Å². The van der Waals surface area contributed by atoms with Gasteiger partial charge in [-0.3, -0.25) is 10.00 Å². The lowest BCUT2D eigenvalue weighted by molar-refractivity contribution is 0.0906. The average Bonchev–Trinajstić information content (AvgIpc) is 2.98. The number of nitrogens with one attached hydrogen (secondary N) is 2. The van der Waals surface area contributed by atoms with E-state index in [2.05, 4.69) is 69.6 Å². The summed E-state index contributed by atoms with van der Waals surface area (Å²) in [5.74, 6) is 0. The van der Waals surface area contributed by atoms with Crippen molar-refractivity contribution in [1.82, 2.24) is 25.3 Å². The first kappa shape index (κ1) is 16.2. The molecule has 0 bridgehead atoms. The molecule has 0 saturated carbocycles. The molecule has 1 unspecified atom stereocenters. The van der Waals surface area contributed by atoms with E-state index in [1.165, 1.54) is 11.1 Å². The zero-order valence-electron chi connectivity index (χ0n) is 14.1. The number of H-pyrrole nitrogens is 1. The molecule has 0 spiro atoms. The van der Waals surface area contributed by atoms with E-state index in [9.17, 15) is 0 Å². The minimum atomic E-state index is 0.493. The van der Waals surface area contributed by atoms with E-state index >= 15 is 0 Å². The number of piperazine rings is 1. The summed E-state index contributed by atoms with van der Waals surface area (Å²) in [4.78, 5) is 5.03. The maximum Gasteiger partial charge on any atom is 0.0535 e. The van der Waals surface area contributed by atoms with E-state index in [0.29, 0.717) is 6.04 Å². The number of rotatable bonds is 6. The molecular weight excluding hydrogens is 286 g/mol. The minimum absolute atomic E-state index is 0.493. The largest absolute Gasteiger partial charge is 0.311 e. The van der Waals surface area contributed by atoms with Gasteiger partial charge in [-0.25, -0.2) is 0 Å². The van der Waals surface area contributed by atoms with Gasteiger partial charge < -0.3 is 10.2 Å². The Labute approximate surface area is 138 Å². The summed E-state index contributed by atoms with van der Waals surface area (Å²) in [6.45, 7) is 8.39. The Balaban J connectivity index is 1.53. The van der Waals surface area contributed by atoms with Crippen molar-refractivity contribution in [2.45, 2.75) is 19.5 Å². The molecule has 5 heteroatoms. The van der Waals surface area contributed by atoms with Crippen molar-refractivity contribution in [3.8, 4) is 0 Å². The summed E-state index contributed by atoms with van der Waals surface area (Å²) < 4.78 is 0. The van der Waals surface area contributed by atoms with Gasteiger partial charge in [0.15, 0.2) is 0 Å². The van der Waals surface area contributed by atoms with Crippen LogP contribution in [0.3, 0.4) is 0 Å². The van der Waals surface area contributed by atoms with Gasteiger partial charge >= 0.3 is 0 Å². The topological polar surface area (TPSA) is 47.2 Å². The molecule has 1 atom stereocenters. The Kier molecular flexibility index (Phi) is 5.43. The van der Waals surface area contributed by atoms with Gasteiger partial charge in [0.2, 0.25) is 0 Å². The first-order valence-corrected chi connectivity index (χ1v) is 8.41. The summed E-state index contributed by atoms with van der Waals surface area (Å²) in [7, 11) is 2.22. The van der Waals surface area contributed by atoms with E-state index in [-0.39, 0.29) is 0 Å².